The van der Waals surface area contributed by atoms with Crippen LogP contribution in [-0.4, -0.2) is 43.0 Å². The van der Waals surface area contributed by atoms with Gasteiger partial charge in [0.05, 0.1) is 22.0 Å². The van der Waals surface area contributed by atoms with Crippen LogP contribution in [0.15, 0.2) is 60.8 Å². The second-order valence-electron chi connectivity index (χ2n) is 9.60. The Morgan fingerprint density at radius 2 is 1.76 bits per heavy atom. The van der Waals surface area contributed by atoms with Crippen LogP contribution in [0.25, 0.3) is 0 Å². The molecule has 3 aromatic rings. The van der Waals surface area contributed by atoms with Crippen molar-refractivity contribution in [3.05, 3.63) is 71.4 Å². The maximum atomic E-state index is 13.1. The zero-order chi connectivity index (χ0) is 25.9. The maximum absolute atomic E-state index is 13.1. The van der Waals surface area contributed by atoms with Crippen LogP contribution < -0.4 is 26.2 Å². The lowest BCUT2D eigenvalue weighted by Gasteiger charge is -2.28. The van der Waals surface area contributed by atoms with Crippen molar-refractivity contribution in [3.8, 4) is 0 Å². The lowest BCUT2D eigenvalue weighted by atomic mass is 9.96. The third-order valence-electron chi connectivity index (χ3n) is 6.95. The monoisotopic (exact) mass is 518 g/mol. The Bertz CT molecular complexity index is 1290. The number of anilines is 5. The summed E-state index contributed by atoms with van der Waals surface area (Å²) in [5, 5.41) is 7.11. The Kier molecular flexibility index (Phi) is 7.30. The van der Waals surface area contributed by atoms with Gasteiger partial charge in [0, 0.05) is 42.6 Å². The SMILES string of the molecule is CN(C(=O)C1CCNCC1)c1cc(Nc2cc(N(c3ccccc3)C3CC3)c(C(N)=O)cn2)ccc1Cl. The number of hydrogen-bond donors (Lipinski definition) is 3. The average molecular weight is 519 g/mol. The highest BCUT2D eigenvalue weighted by molar-refractivity contribution is 6.34. The average Bonchev–Trinajstić information content (AvgIpc) is 3.75. The predicted octanol–water partition coefficient (Wildman–Crippen LogP) is 4.84. The smallest absolute Gasteiger partial charge is 0.252 e. The second kappa shape index (κ2) is 10.8. The minimum Gasteiger partial charge on any atom is -0.365 e. The third-order valence-corrected chi connectivity index (χ3v) is 7.27. The van der Waals surface area contributed by atoms with E-state index in [1.54, 1.807) is 18.0 Å². The van der Waals surface area contributed by atoms with Crippen LogP contribution in [0.5, 0.6) is 0 Å². The molecule has 1 aliphatic carbocycles. The first-order valence-corrected chi connectivity index (χ1v) is 13.0. The Balaban J connectivity index is 1.44. The molecule has 2 heterocycles. The van der Waals surface area contributed by atoms with E-state index in [1.807, 2.05) is 48.5 Å². The van der Waals surface area contributed by atoms with E-state index in [9.17, 15) is 9.59 Å². The van der Waals surface area contributed by atoms with Gasteiger partial charge in [-0.25, -0.2) is 4.98 Å². The number of pyridine rings is 1. The van der Waals surface area contributed by atoms with E-state index in [-0.39, 0.29) is 11.8 Å². The van der Waals surface area contributed by atoms with Gasteiger partial charge >= 0.3 is 0 Å². The molecule has 2 aromatic carbocycles. The quantitative estimate of drug-likeness (QED) is 0.394. The molecule has 1 aromatic heterocycles. The summed E-state index contributed by atoms with van der Waals surface area (Å²) in [7, 11) is 1.76. The van der Waals surface area contributed by atoms with Gasteiger partial charge in [-0.15, -0.1) is 0 Å². The number of nitrogens with one attached hydrogen (secondary N) is 2. The molecule has 5 rings (SSSR count). The maximum Gasteiger partial charge on any atom is 0.252 e. The van der Waals surface area contributed by atoms with E-state index < -0.39 is 5.91 Å². The normalized spacial score (nSPS) is 15.7. The van der Waals surface area contributed by atoms with E-state index >= 15 is 0 Å². The molecule has 8 nitrogen and oxygen atoms in total. The minimum atomic E-state index is -0.525. The Labute approximate surface area is 221 Å². The highest BCUT2D eigenvalue weighted by Crippen LogP contribution is 2.40. The van der Waals surface area contributed by atoms with Crippen LogP contribution in [-0.2, 0) is 4.79 Å². The molecule has 0 unspecified atom stereocenters. The van der Waals surface area contributed by atoms with Crippen molar-refractivity contribution in [3.63, 3.8) is 0 Å². The summed E-state index contributed by atoms with van der Waals surface area (Å²) >= 11 is 6.50. The first-order chi connectivity index (χ1) is 17.9. The van der Waals surface area contributed by atoms with E-state index in [2.05, 4.69) is 20.5 Å². The largest absolute Gasteiger partial charge is 0.365 e. The van der Waals surface area contributed by atoms with E-state index in [4.69, 9.17) is 17.3 Å². The summed E-state index contributed by atoms with van der Waals surface area (Å²) in [6.07, 6.45) is 5.22. The Morgan fingerprint density at radius 1 is 1.03 bits per heavy atom. The van der Waals surface area contributed by atoms with Gasteiger partial charge in [0.2, 0.25) is 5.91 Å². The van der Waals surface area contributed by atoms with Crippen molar-refractivity contribution in [2.24, 2.45) is 11.7 Å². The van der Waals surface area contributed by atoms with Crippen molar-refractivity contribution < 1.29 is 9.59 Å². The van der Waals surface area contributed by atoms with Gasteiger partial charge in [0.15, 0.2) is 0 Å². The van der Waals surface area contributed by atoms with Crippen LogP contribution in [0.4, 0.5) is 28.6 Å². The van der Waals surface area contributed by atoms with E-state index in [0.717, 1.165) is 50.1 Å². The molecule has 9 heteroatoms. The molecular weight excluding hydrogens is 488 g/mol. The number of hydrogen-bond acceptors (Lipinski definition) is 6. The number of para-hydroxylation sites is 1. The summed E-state index contributed by atoms with van der Waals surface area (Å²) in [5.74, 6) is 0.0789. The van der Waals surface area contributed by atoms with Gasteiger partial charge < -0.3 is 26.2 Å². The van der Waals surface area contributed by atoms with Gasteiger partial charge in [0.25, 0.3) is 5.91 Å². The molecule has 0 bridgehead atoms. The number of piperidine rings is 1. The first-order valence-electron chi connectivity index (χ1n) is 12.6. The Morgan fingerprint density at radius 3 is 2.43 bits per heavy atom. The minimum absolute atomic E-state index is 0.0177. The summed E-state index contributed by atoms with van der Waals surface area (Å²) in [6.45, 7) is 1.69. The van der Waals surface area contributed by atoms with Gasteiger partial charge in [-0.05, 0) is 69.1 Å². The molecule has 0 atom stereocenters. The van der Waals surface area contributed by atoms with Crippen molar-refractivity contribution >= 4 is 52.0 Å². The van der Waals surface area contributed by atoms with Crippen LogP contribution in [0.3, 0.4) is 0 Å². The predicted molar refractivity (Wildman–Crippen MR) is 148 cm³/mol. The molecule has 2 fully saturated rings. The number of carbonyl (C=O) groups is 2. The van der Waals surface area contributed by atoms with Crippen molar-refractivity contribution in [2.75, 3.05) is 35.3 Å². The van der Waals surface area contributed by atoms with Crippen LogP contribution in [0, 0.1) is 5.92 Å². The number of nitrogens with two attached hydrogens (primary N) is 1. The number of carbonyl (C=O) groups excluding carboxylic acids is 2. The first kappa shape index (κ1) is 25.0. The fourth-order valence-corrected chi connectivity index (χ4v) is 5.07. The van der Waals surface area contributed by atoms with Gasteiger partial charge in [-0.1, -0.05) is 29.8 Å². The molecule has 37 heavy (non-hydrogen) atoms. The van der Waals surface area contributed by atoms with Gasteiger partial charge in [-0.2, -0.15) is 0 Å². The molecule has 1 saturated carbocycles. The van der Waals surface area contributed by atoms with E-state index in [0.29, 0.717) is 33.8 Å². The summed E-state index contributed by atoms with van der Waals surface area (Å²) in [5.41, 5.74) is 9.17. The van der Waals surface area contributed by atoms with Crippen LogP contribution in [0.2, 0.25) is 5.02 Å². The fourth-order valence-electron chi connectivity index (χ4n) is 4.83. The topological polar surface area (TPSA) is 104 Å². The highest BCUT2D eigenvalue weighted by Gasteiger charge is 2.33. The van der Waals surface area contributed by atoms with Crippen LogP contribution >= 0.6 is 11.6 Å². The third kappa shape index (κ3) is 5.55. The number of halogens is 1. The van der Waals surface area contributed by atoms with Crippen molar-refractivity contribution in [1.29, 1.82) is 0 Å². The summed E-state index contributed by atoms with van der Waals surface area (Å²) < 4.78 is 0. The number of amides is 2. The molecule has 2 amide bonds. The zero-order valence-corrected chi connectivity index (χ0v) is 21.5. The zero-order valence-electron chi connectivity index (χ0n) is 20.8. The number of rotatable bonds is 8. The molecule has 0 spiro atoms. The van der Waals surface area contributed by atoms with Gasteiger partial charge in [-0.3, -0.25) is 9.59 Å². The number of primary amides is 1. The number of aromatic nitrogens is 1. The molecule has 192 valence electrons. The lowest BCUT2D eigenvalue weighted by Crippen LogP contribution is -2.39. The molecule has 1 saturated heterocycles. The second-order valence-corrected chi connectivity index (χ2v) is 10.0. The van der Waals surface area contributed by atoms with Crippen molar-refractivity contribution in [1.82, 2.24) is 10.3 Å². The molecule has 0 radical (unpaired) electrons. The lowest BCUT2D eigenvalue weighted by molar-refractivity contribution is -0.122. The van der Waals surface area contributed by atoms with Crippen molar-refractivity contribution in [2.45, 2.75) is 31.7 Å². The standard InChI is InChI=1S/C28H31ClN6O2/c1-34(28(37)18-11-13-31-14-12-18)25-15-19(7-10-23(25)29)33-26-16-24(22(17-32-26)27(30)36)35(21-8-9-21)20-5-3-2-4-6-20/h2-7,10,15-18,21,31H,8-9,11-14H2,1H3,(H2,30,36)(H,32,33). The van der Waals surface area contributed by atoms with Crippen LogP contribution in [0.1, 0.15) is 36.0 Å². The summed E-state index contributed by atoms with van der Waals surface area (Å²) in [4.78, 5) is 33.7. The molecular formula is C28H31ClN6O2. The highest BCUT2D eigenvalue weighted by atomic mass is 35.5. The number of nitrogens with zero attached hydrogens (tertiary/aromatic N) is 3. The fraction of sp³-hybridized carbons (Fsp3) is 0.321. The molecule has 2 aliphatic rings. The molecule has 4 N–H and O–H groups in total. The molecule has 1 aliphatic heterocycles. The summed E-state index contributed by atoms with van der Waals surface area (Å²) in [6, 6.07) is 17.6. The van der Waals surface area contributed by atoms with Gasteiger partial charge in [0.1, 0.15) is 5.82 Å². The van der Waals surface area contributed by atoms with E-state index in [1.165, 1.54) is 6.20 Å². The Hall–Kier alpha value is -3.62. The number of benzene rings is 2.